The zero-order valence-electron chi connectivity index (χ0n) is 15.2. The van der Waals surface area contributed by atoms with Gasteiger partial charge in [-0.25, -0.2) is 4.79 Å². The Morgan fingerprint density at radius 1 is 1.19 bits per heavy atom. The third kappa shape index (κ3) is 2.38. The molecule has 1 aromatic carbocycles. The van der Waals surface area contributed by atoms with Crippen LogP contribution >= 0.6 is 22.6 Å². The van der Waals surface area contributed by atoms with Gasteiger partial charge < -0.3 is 4.74 Å². The lowest BCUT2D eigenvalue weighted by atomic mass is 9.70. The van der Waals surface area contributed by atoms with Crippen molar-refractivity contribution >= 4 is 34.3 Å². The number of carbonyl (C=O) groups excluding carboxylic acids is 2. The molecule has 1 aromatic rings. The molecule has 0 N–H and O–H groups in total. The Morgan fingerprint density at radius 3 is 2.46 bits per heavy atom. The van der Waals surface area contributed by atoms with E-state index in [2.05, 4.69) is 36.4 Å². The molecule has 3 nitrogen and oxygen atoms in total. The molecule has 1 atom stereocenters. The average Bonchev–Trinajstić information content (AvgIpc) is 3.38. The number of esters is 1. The van der Waals surface area contributed by atoms with E-state index in [4.69, 9.17) is 4.74 Å². The Hall–Kier alpha value is -1.69. The summed E-state index contributed by atoms with van der Waals surface area (Å²) in [5, 5.41) is 0. The zero-order valence-corrected chi connectivity index (χ0v) is 17.3. The van der Waals surface area contributed by atoms with E-state index in [1.165, 1.54) is 5.57 Å². The van der Waals surface area contributed by atoms with Gasteiger partial charge in [-0.2, -0.15) is 0 Å². The maximum Gasteiger partial charge on any atom is 0.338 e. The fraction of sp³-hybridized carbons (Fsp3) is 0.364. The van der Waals surface area contributed by atoms with Crippen LogP contribution in [0.2, 0.25) is 0 Å². The number of allylic oxidation sites excluding steroid dienone is 4. The van der Waals surface area contributed by atoms with Gasteiger partial charge in [0, 0.05) is 16.6 Å². The summed E-state index contributed by atoms with van der Waals surface area (Å²) in [6.45, 7) is 6.41. The molecule has 0 saturated heterocycles. The van der Waals surface area contributed by atoms with Crippen LogP contribution in [-0.2, 0) is 9.53 Å². The number of benzene rings is 1. The number of carbonyl (C=O) groups is 2. The van der Waals surface area contributed by atoms with Gasteiger partial charge in [0.05, 0.1) is 8.99 Å². The van der Waals surface area contributed by atoms with Crippen LogP contribution in [0.4, 0.5) is 0 Å². The molecule has 0 unspecified atom stereocenters. The quantitative estimate of drug-likeness (QED) is 0.364. The first-order chi connectivity index (χ1) is 12.3. The first-order valence-electron chi connectivity index (χ1n) is 8.89. The minimum atomic E-state index is -0.388. The van der Waals surface area contributed by atoms with Gasteiger partial charge in [0.25, 0.3) is 0 Å². The molecule has 0 bridgehead atoms. The van der Waals surface area contributed by atoms with E-state index in [0.717, 1.165) is 35.1 Å². The smallest absolute Gasteiger partial charge is 0.338 e. The van der Waals surface area contributed by atoms with E-state index < -0.39 is 0 Å². The van der Waals surface area contributed by atoms with Crippen LogP contribution in [0.15, 0.2) is 64.3 Å². The summed E-state index contributed by atoms with van der Waals surface area (Å²) in [4.78, 5) is 25.4. The van der Waals surface area contributed by atoms with Crippen molar-refractivity contribution in [2.45, 2.75) is 37.0 Å². The highest BCUT2D eigenvalue weighted by atomic mass is 127. The van der Waals surface area contributed by atoms with Crippen molar-refractivity contribution in [3.8, 4) is 0 Å². The average molecular weight is 460 g/mol. The summed E-state index contributed by atoms with van der Waals surface area (Å²) in [7, 11) is 0. The molecule has 26 heavy (non-hydrogen) atoms. The molecule has 1 fully saturated rings. The Morgan fingerprint density at radius 2 is 1.85 bits per heavy atom. The third-order valence-electron chi connectivity index (χ3n) is 6.18. The monoisotopic (exact) mass is 460 g/mol. The maximum atomic E-state index is 13.1. The van der Waals surface area contributed by atoms with Gasteiger partial charge in [0.2, 0.25) is 0 Å². The molecular weight excluding hydrogens is 439 g/mol. The number of ether oxygens (including phenoxy) is 1. The van der Waals surface area contributed by atoms with Crippen molar-refractivity contribution in [1.29, 1.82) is 0 Å². The Bertz CT molecular complexity index is 912. The molecule has 0 aromatic heterocycles. The van der Waals surface area contributed by atoms with Crippen LogP contribution in [0.25, 0.3) is 0 Å². The maximum absolute atomic E-state index is 13.1. The summed E-state index contributed by atoms with van der Waals surface area (Å²) in [5.41, 5.74) is 5.61. The lowest BCUT2D eigenvalue weighted by Gasteiger charge is -2.39. The van der Waals surface area contributed by atoms with Crippen LogP contribution in [0.5, 0.6) is 0 Å². The number of fused-ring (bicyclic) bond motifs is 1. The second-order valence-electron chi connectivity index (χ2n) is 7.58. The molecule has 1 saturated carbocycles. The molecule has 3 aliphatic rings. The van der Waals surface area contributed by atoms with Gasteiger partial charge in [-0.15, -0.1) is 0 Å². The zero-order chi connectivity index (χ0) is 18.7. The Labute approximate surface area is 167 Å². The predicted octanol–water partition coefficient (Wildman–Crippen LogP) is 4.97. The summed E-state index contributed by atoms with van der Waals surface area (Å²) in [5.74, 6) is -0.125. The number of alkyl halides is 1. The van der Waals surface area contributed by atoms with E-state index in [9.17, 15) is 9.59 Å². The van der Waals surface area contributed by atoms with Crippen molar-refractivity contribution in [2.75, 3.05) is 6.61 Å². The van der Waals surface area contributed by atoms with Crippen LogP contribution in [0.1, 0.15) is 44.0 Å². The largest absolute Gasteiger partial charge is 0.457 e. The molecule has 4 rings (SSSR count). The third-order valence-corrected chi connectivity index (χ3v) is 7.70. The van der Waals surface area contributed by atoms with E-state index in [1.807, 2.05) is 31.2 Å². The first-order valence-corrected chi connectivity index (χ1v) is 9.97. The SMILES string of the molecule is CC1=C(COC(=O)c2ccccc2)C2=C(C)C3(CC3)[C@@](C)(I)C(=O)C2=C1. The number of hydrogen-bond donors (Lipinski definition) is 0. The molecule has 134 valence electrons. The van der Waals surface area contributed by atoms with E-state index in [-0.39, 0.29) is 27.2 Å². The summed E-state index contributed by atoms with van der Waals surface area (Å²) in [6.07, 6.45) is 4.08. The number of Topliss-reactive ketones (excluding diaryl/α,β-unsaturated/α-hetero) is 1. The fourth-order valence-electron chi connectivity index (χ4n) is 4.36. The summed E-state index contributed by atoms with van der Waals surface area (Å²) < 4.78 is 5.19. The van der Waals surface area contributed by atoms with E-state index in [1.54, 1.807) is 12.1 Å². The van der Waals surface area contributed by atoms with Gasteiger partial charge in [0.1, 0.15) is 6.61 Å². The lowest BCUT2D eigenvalue weighted by Crippen LogP contribution is -2.44. The van der Waals surface area contributed by atoms with Gasteiger partial charge in [0.15, 0.2) is 5.78 Å². The number of ketones is 1. The van der Waals surface area contributed by atoms with Crippen molar-refractivity contribution < 1.29 is 14.3 Å². The molecule has 0 amide bonds. The second-order valence-corrected chi connectivity index (χ2v) is 9.73. The summed E-state index contributed by atoms with van der Waals surface area (Å²) >= 11 is 2.34. The topological polar surface area (TPSA) is 43.4 Å². The normalized spacial score (nSPS) is 26.2. The predicted molar refractivity (Wildman–Crippen MR) is 109 cm³/mol. The molecule has 1 spiro atoms. The minimum Gasteiger partial charge on any atom is -0.457 e. The standard InChI is InChI=1S/C22H21IO3/c1-13-11-16-18(14(2)22(9-10-22)21(3,23)19(16)24)17(13)12-26-20(25)15-7-5-4-6-8-15/h4-8,11H,9-10,12H2,1-3H3/t21-/m0/s1. The van der Waals surface area contributed by atoms with E-state index in [0.29, 0.717) is 5.56 Å². The highest BCUT2D eigenvalue weighted by Gasteiger charge is 2.64. The summed E-state index contributed by atoms with van der Waals surface area (Å²) in [6, 6.07) is 9.00. The molecule has 0 aliphatic heterocycles. The van der Waals surface area contributed by atoms with Crippen molar-refractivity contribution in [2.24, 2.45) is 5.41 Å². The van der Waals surface area contributed by atoms with Gasteiger partial charge in [-0.05, 0) is 63.0 Å². The lowest BCUT2D eigenvalue weighted by molar-refractivity contribution is -0.118. The van der Waals surface area contributed by atoms with Crippen molar-refractivity contribution in [3.05, 3.63) is 69.8 Å². The van der Waals surface area contributed by atoms with Gasteiger partial charge in [-0.3, -0.25) is 4.79 Å². The Kier molecular flexibility index (Phi) is 4.03. The van der Waals surface area contributed by atoms with E-state index >= 15 is 0 Å². The van der Waals surface area contributed by atoms with Gasteiger partial charge in [-0.1, -0.05) is 46.4 Å². The molecule has 3 aliphatic carbocycles. The van der Waals surface area contributed by atoms with Crippen LogP contribution in [0, 0.1) is 5.41 Å². The molecule has 4 heteroatoms. The number of hydrogen-bond acceptors (Lipinski definition) is 3. The molecular formula is C22H21IO3. The van der Waals surface area contributed by atoms with Gasteiger partial charge >= 0.3 is 5.97 Å². The number of rotatable bonds is 3. The fourth-order valence-corrected chi connectivity index (χ4v) is 5.59. The van der Waals surface area contributed by atoms with Crippen molar-refractivity contribution in [1.82, 2.24) is 0 Å². The van der Waals surface area contributed by atoms with Crippen LogP contribution < -0.4 is 0 Å². The van der Waals surface area contributed by atoms with Crippen LogP contribution in [-0.4, -0.2) is 21.8 Å². The van der Waals surface area contributed by atoms with Crippen molar-refractivity contribution in [3.63, 3.8) is 0 Å². The van der Waals surface area contributed by atoms with Crippen LogP contribution in [0.3, 0.4) is 0 Å². The Balaban J connectivity index is 1.64. The first kappa shape index (κ1) is 17.7. The highest BCUT2D eigenvalue weighted by molar-refractivity contribution is 14.1. The highest BCUT2D eigenvalue weighted by Crippen LogP contribution is 2.67. The molecule has 0 heterocycles. The second kappa shape index (κ2) is 5.91. The number of halogens is 1. The molecule has 0 radical (unpaired) electrons. The minimum absolute atomic E-state index is 0.0311.